The van der Waals surface area contributed by atoms with Crippen LogP contribution >= 0.6 is 23.2 Å². The fraction of sp³-hybridized carbons (Fsp3) is 0.421. The fourth-order valence-corrected chi connectivity index (χ4v) is 3.99. The third-order valence-corrected chi connectivity index (χ3v) is 5.65. The minimum atomic E-state index is -4.77. The molecule has 11 heteroatoms. The summed E-state index contributed by atoms with van der Waals surface area (Å²) < 4.78 is 53.0. The van der Waals surface area contributed by atoms with E-state index in [9.17, 15) is 27.5 Å². The van der Waals surface area contributed by atoms with Crippen molar-refractivity contribution in [2.75, 3.05) is 0 Å². The van der Waals surface area contributed by atoms with Gasteiger partial charge in [-0.25, -0.2) is 9.37 Å². The van der Waals surface area contributed by atoms with Crippen molar-refractivity contribution in [2.45, 2.75) is 49.7 Å². The zero-order valence-corrected chi connectivity index (χ0v) is 16.9. The minimum absolute atomic E-state index is 0.0232. The number of rotatable bonds is 4. The smallest absolute Gasteiger partial charge is 0.387 e. The van der Waals surface area contributed by atoms with Crippen molar-refractivity contribution in [2.24, 2.45) is 0 Å². The van der Waals surface area contributed by atoms with Crippen LogP contribution in [0.5, 0.6) is 0 Å². The molecule has 0 saturated heterocycles. The number of halogens is 6. The first-order chi connectivity index (χ1) is 14.0. The summed E-state index contributed by atoms with van der Waals surface area (Å²) in [6.45, 7) is 0. The third kappa shape index (κ3) is 4.84. The number of alkyl halides is 4. The molecule has 0 aromatic carbocycles. The van der Waals surface area contributed by atoms with E-state index in [4.69, 9.17) is 23.2 Å². The molecule has 0 radical (unpaired) electrons. The van der Waals surface area contributed by atoms with Crippen molar-refractivity contribution in [3.63, 3.8) is 0 Å². The van der Waals surface area contributed by atoms with Gasteiger partial charge in [0, 0.05) is 18.6 Å². The Kier molecular flexibility index (Phi) is 6.54. The Morgan fingerprint density at radius 3 is 2.53 bits per heavy atom. The molecule has 1 unspecified atom stereocenters. The molecule has 0 spiro atoms. The predicted molar refractivity (Wildman–Crippen MR) is 102 cm³/mol. The van der Waals surface area contributed by atoms with E-state index in [2.05, 4.69) is 15.3 Å². The Morgan fingerprint density at radius 1 is 1.27 bits per heavy atom. The number of nitrogens with one attached hydrogen (secondary N) is 1. The molecule has 2 N–H and O–H groups in total. The number of carbonyl (C=O) groups is 1. The number of aliphatic hydroxyl groups is 1. The Hall–Kier alpha value is -1.97. The number of amides is 1. The largest absolute Gasteiger partial charge is 0.417 e. The van der Waals surface area contributed by atoms with E-state index in [0.717, 1.165) is 6.20 Å². The van der Waals surface area contributed by atoms with Gasteiger partial charge in [-0.2, -0.15) is 13.2 Å². The number of hydrogen-bond acceptors (Lipinski definition) is 4. The number of nitrogens with zero attached hydrogens (tertiary/aromatic N) is 2. The van der Waals surface area contributed by atoms with Gasteiger partial charge in [-0.3, -0.25) is 9.78 Å². The zero-order chi connectivity index (χ0) is 22.1. The number of aromatic nitrogens is 2. The standard InChI is InChI=1S/C19H17Cl2F4N3O2/c20-11-7-10(8-26-9-11)16(18(30)4-1-12(22)2-5-18)28-17(29)15-14(21)13(3-6-27-15)19(23,24)25/h3,6-9,12,16,30H,1-2,4-5H2,(H,28,29)/t12-,16?,18+. The maximum atomic E-state index is 13.6. The van der Waals surface area contributed by atoms with Crippen molar-refractivity contribution in [3.8, 4) is 0 Å². The van der Waals surface area contributed by atoms with Crippen LogP contribution < -0.4 is 5.32 Å². The lowest BCUT2D eigenvalue weighted by atomic mass is 9.76. The van der Waals surface area contributed by atoms with Gasteiger partial charge in [0.25, 0.3) is 5.91 Å². The molecule has 1 atom stereocenters. The highest BCUT2D eigenvalue weighted by Crippen LogP contribution is 2.40. The molecule has 0 aliphatic heterocycles. The topological polar surface area (TPSA) is 75.1 Å². The minimum Gasteiger partial charge on any atom is -0.387 e. The van der Waals surface area contributed by atoms with Gasteiger partial charge in [0.1, 0.15) is 11.9 Å². The van der Waals surface area contributed by atoms with Crippen LogP contribution in [0, 0.1) is 0 Å². The van der Waals surface area contributed by atoms with Crippen LogP contribution in [0.15, 0.2) is 30.7 Å². The molecule has 3 rings (SSSR count). The van der Waals surface area contributed by atoms with E-state index in [1.54, 1.807) is 0 Å². The first kappa shape index (κ1) is 22.7. The van der Waals surface area contributed by atoms with E-state index in [-0.39, 0.29) is 30.7 Å². The highest BCUT2D eigenvalue weighted by atomic mass is 35.5. The van der Waals surface area contributed by atoms with Gasteiger partial charge in [-0.1, -0.05) is 23.2 Å². The van der Waals surface area contributed by atoms with E-state index in [1.165, 1.54) is 18.5 Å². The summed E-state index contributed by atoms with van der Waals surface area (Å²) in [6, 6.07) is 1.00. The van der Waals surface area contributed by atoms with Gasteiger partial charge in [-0.15, -0.1) is 0 Å². The highest BCUT2D eigenvalue weighted by Gasteiger charge is 2.43. The third-order valence-electron chi connectivity index (χ3n) is 5.06. The molecule has 1 aliphatic rings. The summed E-state index contributed by atoms with van der Waals surface area (Å²) in [6.07, 6.45) is -2.15. The summed E-state index contributed by atoms with van der Waals surface area (Å²) in [4.78, 5) is 20.4. The molecule has 2 heterocycles. The number of hydrogen-bond donors (Lipinski definition) is 2. The van der Waals surface area contributed by atoms with Crippen molar-refractivity contribution in [1.29, 1.82) is 0 Å². The first-order valence-corrected chi connectivity index (χ1v) is 9.76. The lowest BCUT2D eigenvalue weighted by molar-refractivity contribution is -0.137. The van der Waals surface area contributed by atoms with Crippen molar-refractivity contribution in [1.82, 2.24) is 15.3 Å². The van der Waals surface area contributed by atoms with Gasteiger partial charge in [0.2, 0.25) is 0 Å². The normalized spacial score (nSPS) is 23.1. The Morgan fingerprint density at radius 2 is 1.93 bits per heavy atom. The van der Waals surface area contributed by atoms with Gasteiger partial charge >= 0.3 is 6.18 Å². The first-order valence-electron chi connectivity index (χ1n) is 9.01. The van der Waals surface area contributed by atoms with E-state index >= 15 is 0 Å². The molecule has 2 aromatic heterocycles. The summed E-state index contributed by atoms with van der Waals surface area (Å²) in [5, 5.41) is 13.0. The average Bonchev–Trinajstić information content (AvgIpc) is 2.67. The molecule has 1 amide bonds. The Balaban J connectivity index is 1.97. The molecule has 2 aromatic rings. The lowest BCUT2D eigenvalue weighted by Crippen LogP contribution is -2.48. The van der Waals surface area contributed by atoms with Gasteiger partial charge in [0.15, 0.2) is 0 Å². The van der Waals surface area contributed by atoms with Crippen LogP contribution in [0.1, 0.15) is 53.3 Å². The molecule has 162 valence electrons. The second-order valence-electron chi connectivity index (χ2n) is 7.14. The van der Waals surface area contributed by atoms with Crippen LogP contribution in [-0.2, 0) is 6.18 Å². The molecule has 0 bridgehead atoms. The maximum Gasteiger partial charge on any atom is 0.417 e. The van der Waals surface area contributed by atoms with Crippen molar-refractivity contribution >= 4 is 29.1 Å². The van der Waals surface area contributed by atoms with Crippen LogP contribution in [0.25, 0.3) is 0 Å². The molecular weight excluding hydrogens is 449 g/mol. The molecule has 1 aliphatic carbocycles. The van der Waals surface area contributed by atoms with Crippen LogP contribution in [0.3, 0.4) is 0 Å². The molecule has 1 saturated carbocycles. The Bertz CT molecular complexity index is 934. The van der Waals surface area contributed by atoms with E-state index < -0.39 is 46.2 Å². The van der Waals surface area contributed by atoms with Crippen molar-refractivity contribution < 1.29 is 27.5 Å². The molecule has 1 fully saturated rings. The monoisotopic (exact) mass is 465 g/mol. The molecular formula is C19H17Cl2F4N3O2. The summed E-state index contributed by atoms with van der Waals surface area (Å²) in [7, 11) is 0. The lowest BCUT2D eigenvalue weighted by Gasteiger charge is -2.40. The maximum absolute atomic E-state index is 13.6. The highest BCUT2D eigenvalue weighted by molar-refractivity contribution is 6.34. The Labute approximate surface area is 179 Å². The predicted octanol–water partition coefficient (Wildman–Crippen LogP) is 4.92. The van der Waals surface area contributed by atoms with E-state index in [0.29, 0.717) is 11.6 Å². The van der Waals surface area contributed by atoms with Gasteiger partial charge < -0.3 is 10.4 Å². The van der Waals surface area contributed by atoms with Crippen molar-refractivity contribution in [3.05, 3.63) is 57.6 Å². The quantitative estimate of drug-likeness (QED) is 0.628. The summed E-state index contributed by atoms with van der Waals surface area (Å²) in [5.74, 6) is -1.02. The average molecular weight is 466 g/mol. The fourth-order valence-electron chi connectivity index (χ4n) is 3.51. The zero-order valence-electron chi connectivity index (χ0n) is 15.4. The van der Waals surface area contributed by atoms with Gasteiger partial charge in [-0.05, 0) is 43.4 Å². The second-order valence-corrected chi connectivity index (χ2v) is 7.95. The number of pyridine rings is 2. The van der Waals surface area contributed by atoms with Crippen LogP contribution in [-0.4, -0.2) is 32.8 Å². The van der Waals surface area contributed by atoms with Crippen LogP contribution in [0.4, 0.5) is 17.6 Å². The second kappa shape index (κ2) is 8.64. The summed E-state index contributed by atoms with van der Waals surface area (Å²) >= 11 is 11.8. The number of carbonyl (C=O) groups excluding carboxylic acids is 1. The van der Waals surface area contributed by atoms with Crippen LogP contribution in [0.2, 0.25) is 10.0 Å². The summed E-state index contributed by atoms with van der Waals surface area (Å²) in [5.41, 5.74) is -3.09. The SMILES string of the molecule is O=C(NC(c1cncc(Cl)c1)[C@]1(O)CC[C@@H](F)CC1)c1nccc(C(F)(F)F)c1Cl. The van der Waals surface area contributed by atoms with E-state index in [1.807, 2.05) is 0 Å². The molecule has 30 heavy (non-hydrogen) atoms. The van der Waals surface area contributed by atoms with Gasteiger partial charge in [0.05, 0.1) is 27.3 Å². The molecule has 5 nitrogen and oxygen atoms in total.